The molecule has 2 aromatic heterocycles. The number of aryl methyl sites for hydroxylation is 1. The molecule has 0 bridgehead atoms. The molecule has 0 saturated heterocycles. The van der Waals surface area contributed by atoms with Crippen LogP contribution in [0.15, 0.2) is 18.5 Å². The fraction of sp³-hybridized carbons (Fsp3) is 0.333. The predicted octanol–water partition coefficient (Wildman–Crippen LogP) is 1.09. The molecule has 96 valence electrons. The molecule has 0 unspecified atom stereocenters. The van der Waals surface area contributed by atoms with E-state index in [1.165, 1.54) is 4.68 Å². The molecule has 2 rings (SSSR count). The van der Waals surface area contributed by atoms with Crippen molar-refractivity contribution in [3.8, 4) is 11.3 Å². The van der Waals surface area contributed by atoms with E-state index in [0.29, 0.717) is 12.3 Å². The second kappa shape index (κ2) is 4.56. The van der Waals surface area contributed by atoms with E-state index in [4.69, 9.17) is 10.6 Å². The molecule has 0 radical (unpaired) electrons. The summed E-state index contributed by atoms with van der Waals surface area (Å²) >= 11 is 0. The first-order valence-corrected chi connectivity index (χ1v) is 5.68. The van der Waals surface area contributed by atoms with Gasteiger partial charge in [0.1, 0.15) is 0 Å². The summed E-state index contributed by atoms with van der Waals surface area (Å²) in [5.41, 5.74) is 2.75. The Balaban J connectivity index is 2.46. The molecule has 0 atom stereocenters. The van der Waals surface area contributed by atoms with E-state index in [1.807, 2.05) is 26.2 Å². The van der Waals surface area contributed by atoms with Gasteiger partial charge in [-0.05, 0) is 25.5 Å². The zero-order valence-electron chi connectivity index (χ0n) is 10.7. The summed E-state index contributed by atoms with van der Waals surface area (Å²) < 4.78 is 7.97. The van der Waals surface area contributed by atoms with Gasteiger partial charge in [0.25, 0.3) is 0 Å². The number of rotatable bonds is 3. The molecule has 0 aliphatic heterocycles. The zero-order chi connectivity index (χ0) is 13.3. The molecule has 0 aliphatic rings. The molecule has 0 saturated carbocycles. The van der Waals surface area contributed by atoms with Gasteiger partial charge in [-0.15, -0.1) is 0 Å². The minimum atomic E-state index is -0.417. The molecule has 2 N–H and O–H groups in total. The number of esters is 1. The Morgan fingerprint density at radius 3 is 2.83 bits per heavy atom. The van der Waals surface area contributed by atoms with E-state index in [9.17, 15) is 4.79 Å². The van der Waals surface area contributed by atoms with Gasteiger partial charge in [0, 0.05) is 25.0 Å². The van der Waals surface area contributed by atoms with E-state index >= 15 is 0 Å². The van der Waals surface area contributed by atoms with Crippen molar-refractivity contribution in [3.05, 3.63) is 29.7 Å². The Morgan fingerprint density at radius 2 is 2.28 bits per heavy atom. The Bertz CT molecular complexity index is 583. The van der Waals surface area contributed by atoms with E-state index in [1.54, 1.807) is 17.8 Å². The highest BCUT2D eigenvalue weighted by molar-refractivity contribution is 5.92. The molecule has 0 aliphatic carbocycles. The number of hydrogen-bond acceptors (Lipinski definition) is 4. The van der Waals surface area contributed by atoms with Crippen LogP contribution in [0.2, 0.25) is 0 Å². The van der Waals surface area contributed by atoms with Crippen LogP contribution in [-0.2, 0) is 11.8 Å². The highest BCUT2D eigenvalue weighted by Gasteiger charge is 2.20. The average Bonchev–Trinajstić information content (AvgIpc) is 2.83. The van der Waals surface area contributed by atoms with Gasteiger partial charge in [0.15, 0.2) is 5.69 Å². The fourth-order valence-corrected chi connectivity index (χ4v) is 1.90. The maximum absolute atomic E-state index is 11.8. The molecule has 0 amide bonds. The standard InChI is InChI=1S/C12H16N4O2/c1-4-18-12(17)11-8(2)9(7-16(11)13)10-5-6-15(3)14-10/h5-7H,4,13H2,1-3H3. The lowest BCUT2D eigenvalue weighted by Gasteiger charge is -2.03. The third-order valence-electron chi connectivity index (χ3n) is 2.74. The van der Waals surface area contributed by atoms with Gasteiger partial charge in [-0.2, -0.15) is 5.10 Å². The van der Waals surface area contributed by atoms with Gasteiger partial charge in [-0.1, -0.05) is 0 Å². The summed E-state index contributed by atoms with van der Waals surface area (Å²) in [7, 11) is 1.84. The van der Waals surface area contributed by atoms with E-state index in [2.05, 4.69) is 5.10 Å². The zero-order valence-corrected chi connectivity index (χ0v) is 10.7. The molecule has 2 aromatic rings. The van der Waals surface area contributed by atoms with Crippen molar-refractivity contribution in [3.63, 3.8) is 0 Å². The second-order valence-electron chi connectivity index (χ2n) is 4.02. The molecule has 0 aromatic carbocycles. The van der Waals surface area contributed by atoms with Crippen LogP contribution in [0.4, 0.5) is 0 Å². The first-order chi connectivity index (χ1) is 8.54. The maximum atomic E-state index is 11.8. The number of nitrogens with two attached hydrogens (primary N) is 1. The molecular weight excluding hydrogens is 232 g/mol. The van der Waals surface area contributed by atoms with Crippen LogP contribution in [0.5, 0.6) is 0 Å². The second-order valence-corrected chi connectivity index (χ2v) is 4.02. The smallest absolute Gasteiger partial charge is 0.357 e. The minimum absolute atomic E-state index is 0.322. The van der Waals surface area contributed by atoms with Crippen LogP contribution in [0.3, 0.4) is 0 Å². The van der Waals surface area contributed by atoms with Crippen molar-refractivity contribution < 1.29 is 9.53 Å². The number of nitrogens with zero attached hydrogens (tertiary/aromatic N) is 3. The summed E-state index contributed by atoms with van der Waals surface area (Å²) in [6.07, 6.45) is 3.52. The first kappa shape index (κ1) is 12.2. The van der Waals surface area contributed by atoms with Crippen LogP contribution < -0.4 is 5.84 Å². The molecule has 6 heteroatoms. The predicted molar refractivity (Wildman–Crippen MR) is 67.5 cm³/mol. The third kappa shape index (κ3) is 1.97. The summed E-state index contributed by atoms with van der Waals surface area (Å²) in [6.45, 7) is 3.92. The number of aromatic nitrogens is 3. The number of hydrogen-bond donors (Lipinski definition) is 1. The lowest BCUT2D eigenvalue weighted by Crippen LogP contribution is -2.18. The van der Waals surface area contributed by atoms with Crippen molar-refractivity contribution in [1.82, 2.24) is 14.5 Å². The van der Waals surface area contributed by atoms with Crippen molar-refractivity contribution in [2.75, 3.05) is 12.4 Å². The Labute approximate surface area is 105 Å². The van der Waals surface area contributed by atoms with Crippen LogP contribution in [0, 0.1) is 6.92 Å². The number of ether oxygens (including phenoxy) is 1. The summed E-state index contributed by atoms with van der Waals surface area (Å²) in [5, 5.41) is 4.30. The molecule has 6 nitrogen and oxygen atoms in total. The highest BCUT2D eigenvalue weighted by Crippen LogP contribution is 2.25. The van der Waals surface area contributed by atoms with Crippen molar-refractivity contribution in [1.29, 1.82) is 0 Å². The first-order valence-electron chi connectivity index (χ1n) is 5.68. The monoisotopic (exact) mass is 248 g/mol. The average molecular weight is 248 g/mol. The lowest BCUT2D eigenvalue weighted by atomic mass is 10.1. The van der Waals surface area contributed by atoms with E-state index < -0.39 is 5.97 Å². The molecule has 0 spiro atoms. The summed E-state index contributed by atoms with van der Waals surface area (Å²) in [5.74, 6) is 5.38. The number of carbonyl (C=O) groups excluding carboxylic acids is 1. The normalized spacial score (nSPS) is 10.6. The number of nitrogen functional groups attached to an aromatic ring is 1. The van der Waals surface area contributed by atoms with Gasteiger partial charge in [-0.3, -0.25) is 9.36 Å². The van der Waals surface area contributed by atoms with Crippen LogP contribution >= 0.6 is 0 Å². The quantitative estimate of drug-likeness (QED) is 0.651. The van der Waals surface area contributed by atoms with Gasteiger partial charge in [0.2, 0.25) is 0 Å². The van der Waals surface area contributed by atoms with Gasteiger partial charge in [-0.25, -0.2) is 4.79 Å². The van der Waals surface area contributed by atoms with Gasteiger partial charge >= 0.3 is 5.97 Å². The van der Waals surface area contributed by atoms with Gasteiger partial charge < -0.3 is 10.6 Å². The van der Waals surface area contributed by atoms with Gasteiger partial charge in [0.05, 0.1) is 12.3 Å². The summed E-state index contributed by atoms with van der Waals surface area (Å²) in [6, 6.07) is 1.87. The Kier molecular flexibility index (Phi) is 3.10. The Hall–Kier alpha value is -2.24. The SMILES string of the molecule is CCOC(=O)c1c(C)c(-c2ccn(C)n2)cn1N. The van der Waals surface area contributed by atoms with E-state index in [0.717, 1.165) is 16.8 Å². The van der Waals surface area contributed by atoms with Crippen LogP contribution in [0.25, 0.3) is 11.3 Å². The summed E-state index contributed by atoms with van der Waals surface area (Å²) in [4.78, 5) is 11.8. The molecule has 0 fully saturated rings. The number of carbonyl (C=O) groups is 1. The highest BCUT2D eigenvalue weighted by atomic mass is 16.5. The molecular formula is C12H16N4O2. The minimum Gasteiger partial charge on any atom is -0.461 e. The van der Waals surface area contributed by atoms with Crippen molar-refractivity contribution >= 4 is 5.97 Å². The lowest BCUT2D eigenvalue weighted by molar-refractivity contribution is 0.0515. The van der Waals surface area contributed by atoms with Crippen molar-refractivity contribution in [2.45, 2.75) is 13.8 Å². The molecule has 18 heavy (non-hydrogen) atoms. The fourth-order valence-electron chi connectivity index (χ4n) is 1.90. The van der Waals surface area contributed by atoms with Crippen molar-refractivity contribution in [2.24, 2.45) is 7.05 Å². The van der Waals surface area contributed by atoms with Crippen LogP contribution in [0.1, 0.15) is 23.0 Å². The third-order valence-corrected chi connectivity index (χ3v) is 2.74. The van der Waals surface area contributed by atoms with E-state index in [-0.39, 0.29) is 0 Å². The van der Waals surface area contributed by atoms with Crippen LogP contribution in [-0.4, -0.2) is 27.0 Å². The maximum Gasteiger partial charge on any atom is 0.357 e. The molecule has 2 heterocycles. The topological polar surface area (TPSA) is 75.1 Å². The largest absolute Gasteiger partial charge is 0.461 e. The Morgan fingerprint density at radius 1 is 1.56 bits per heavy atom.